The van der Waals surface area contributed by atoms with Crippen LogP contribution >= 0.6 is 0 Å². The van der Waals surface area contributed by atoms with Gasteiger partial charge in [-0.1, -0.05) is 12.1 Å². The van der Waals surface area contributed by atoms with Crippen molar-refractivity contribution in [3.63, 3.8) is 0 Å². The van der Waals surface area contributed by atoms with Crippen molar-refractivity contribution in [2.75, 3.05) is 31.5 Å². The number of amides is 2. The van der Waals surface area contributed by atoms with Gasteiger partial charge in [-0.05, 0) is 60.7 Å². The highest BCUT2D eigenvalue weighted by Crippen LogP contribution is 2.32. The summed E-state index contributed by atoms with van der Waals surface area (Å²) in [5.41, 5.74) is 1.97. The van der Waals surface area contributed by atoms with Gasteiger partial charge in [-0.25, -0.2) is 4.98 Å². The van der Waals surface area contributed by atoms with Crippen molar-refractivity contribution >= 4 is 28.4 Å². The molecule has 0 saturated carbocycles. The van der Waals surface area contributed by atoms with Crippen molar-refractivity contribution in [1.82, 2.24) is 24.3 Å². The third kappa shape index (κ3) is 6.65. The minimum Gasteiger partial charge on any atom is -0.438 e. The third-order valence-corrected chi connectivity index (χ3v) is 7.72. The summed E-state index contributed by atoms with van der Waals surface area (Å²) in [6.07, 6.45) is -1.30. The van der Waals surface area contributed by atoms with E-state index in [1.807, 2.05) is 52.9 Å². The molecule has 12 heteroatoms. The van der Waals surface area contributed by atoms with Gasteiger partial charge in [-0.15, -0.1) is 0 Å². The molecule has 0 aliphatic carbocycles. The highest BCUT2D eigenvalue weighted by molar-refractivity contribution is 6.04. The Bertz CT molecular complexity index is 1820. The maximum absolute atomic E-state index is 13.6. The number of aryl methyl sites for hydroxylation is 1. The average Bonchev–Trinajstić information content (AvgIpc) is 3.39. The van der Waals surface area contributed by atoms with Crippen LogP contribution in [0.5, 0.6) is 11.6 Å². The molecule has 1 aliphatic rings. The molecule has 5 aromatic rings. The molecule has 1 N–H and O–H groups in total. The first kappa shape index (κ1) is 29.8. The van der Waals surface area contributed by atoms with E-state index in [0.717, 1.165) is 60.5 Å². The zero-order chi connectivity index (χ0) is 31.6. The lowest BCUT2D eigenvalue weighted by Gasteiger charge is -2.34. The zero-order valence-corrected chi connectivity index (χ0v) is 24.3. The second kappa shape index (κ2) is 12.4. The lowest BCUT2D eigenvalue weighted by Crippen LogP contribution is -2.48. The fourth-order valence-corrected chi connectivity index (χ4v) is 5.26. The molecular formula is C33H29F3N6O3. The predicted molar refractivity (Wildman–Crippen MR) is 162 cm³/mol. The van der Waals surface area contributed by atoms with Gasteiger partial charge in [0.2, 0.25) is 5.88 Å². The molecule has 0 bridgehead atoms. The van der Waals surface area contributed by atoms with Crippen molar-refractivity contribution in [3.05, 3.63) is 114 Å². The van der Waals surface area contributed by atoms with Crippen molar-refractivity contribution < 1.29 is 27.5 Å². The van der Waals surface area contributed by atoms with E-state index in [2.05, 4.69) is 20.2 Å². The Balaban J connectivity index is 1.10. The summed E-state index contributed by atoms with van der Waals surface area (Å²) in [6.45, 7) is 3.49. The van der Waals surface area contributed by atoms with Gasteiger partial charge in [0.15, 0.2) is 0 Å². The number of pyridine rings is 2. The van der Waals surface area contributed by atoms with Crippen molar-refractivity contribution in [2.24, 2.45) is 7.05 Å². The normalized spacial score (nSPS) is 14.0. The van der Waals surface area contributed by atoms with E-state index >= 15 is 0 Å². The average molecular weight is 615 g/mol. The first-order valence-electron chi connectivity index (χ1n) is 14.3. The number of benzene rings is 2. The summed E-state index contributed by atoms with van der Waals surface area (Å²) in [6, 6.07) is 20.3. The van der Waals surface area contributed by atoms with Gasteiger partial charge in [0.25, 0.3) is 11.8 Å². The molecule has 2 amide bonds. The predicted octanol–water partition coefficient (Wildman–Crippen LogP) is 5.99. The number of hydrogen-bond acceptors (Lipinski definition) is 6. The van der Waals surface area contributed by atoms with Crippen LogP contribution in [0.2, 0.25) is 0 Å². The van der Waals surface area contributed by atoms with Gasteiger partial charge in [0.05, 0.1) is 28.7 Å². The van der Waals surface area contributed by atoms with E-state index in [1.54, 1.807) is 24.4 Å². The molecule has 2 aromatic carbocycles. The minimum atomic E-state index is -4.48. The topological polar surface area (TPSA) is 92.6 Å². The molecule has 45 heavy (non-hydrogen) atoms. The monoisotopic (exact) mass is 614 g/mol. The van der Waals surface area contributed by atoms with Gasteiger partial charge in [0, 0.05) is 63.0 Å². The number of alkyl halides is 3. The van der Waals surface area contributed by atoms with Crippen LogP contribution in [0.3, 0.4) is 0 Å². The number of ether oxygens (including phenoxy) is 1. The molecule has 3 aromatic heterocycles. The van der Waals surface area contributed by atoms with E-state index in [0.29, 0.717) is 30.2 Å². The van der Waals surface area contributed by atoms with Crippen LogP contribution in [-0.4, -0.2) is 62.3 Å². The minimum absolute atomic E-state index is 0.0524. The third-order valence-electron chi connectivity index (χ3n) is 7.72. The van der Waals surface area contributed by atoms with Gasteiger partial charge in [-0.3, -0.25) is 19.5 Å². The Morgan fingerprint density at radius 1 is 0.911 bits per heavy atom. The fourth-order valence-electron chi connectivity index (χ4n) is 5.26. The van der Waals surface area contributed by atoms with Crippen LogP contribution < -0.4 is 10.1 Å². The molecule has 0 spiro atoms. The number of piperazine rings is 1. The van der Waals surface area contributed by atoms with Gasteiger partial charge < -0.3 is 19.5 Å². The maximum Gasteiger partial charge on any atom is 0.416 e. The second-order valence-corrected chi connectivity index (χ2v) is 10.7. The van der Waals surface area contributed by atoms with E-state index in [4.69, 9.17) is 4.74 Å². The Kier molecular flexibility index (Phi) is 8.22. The SMILES string of the molecule is Cn1c(C(=O)N2CCN(Cc3ccccn3)CC2)cc2c(Oc3ccc(NC(=O)c4ccc(C(F)(F)F)cc4)cn3)cccc21. The number of rotatable bonds is 7. The number of aromatic nitrogens is 3. The first-order valence-corrected chi connectivity index (χ1v) is 14.3. The standard InChI is InChI=1S/C33H29F3N6O3/c1-40-27-6-4-7-29(26(27)19-28(40)32(44)42-17-15-41(16-18-42)21-25-5-2-3-14-37-25)45-30-13-12-24(20-38-30)39-31(43)22-8-10-23(11-9-22)33(34,35)36/h2-14,19-20H,15-18,21H2,1H3,(H,39,43). The Hall–Kier alpha value is -5.23. The number of carbonyl (C=O) groups is 2. The second-order valence-electron chi connectivity index (χ2n) is 10.7. The van der Waals surface area contributed by atoms with E-state index in [9.17, 15) is 22.8 Å². The number of nitrogens with one attached hydrogen (secondary N) is 1. The largest absolute Gasteiger partial charge is 0.438 e. The van der Waals surface area contributed by atoms with Gasteiger partial charge >= 0.3 is 6.18 Å². The van der Waals surface area contributed by atoms with Crippen LogP contribution in [0.4, 0.5) is 18.9 Å². The van der Waals surface area contributed by atoms with Crippen LogP contribution in [0, 0.1) is 0 Å². The molecule has 230 valence electrons. The molecule has 0 radical (unpaired) electrons. The van der Waals surface area contributed by atoms with Crippen LogP contribution in [0.15, 0.2) is 91.3 Å². The van der Waals surface area contributed by atoms with E-state index in [1.165, 1.54) is 6.20 Å². The summed E-state index contributed by atoms with van der Waals surface area (Å²) in [5, 5.41) is 3.37. The Labute approximate surface area is 256 Å². The molecule has 1 aliphatic heterocycles. The summed E-state index contributed by atoms with van der Waals surface area (Å²) in [5.74, 6) is 0.149. The summed E-state index contributed by atoms with van der Waals surface area (Å²) < 4.78 is 46.3. The van der Waals surface area contributed by atoms with Crippen molar-refractivity contribution in [2.45, 2.75) is 12.7 Å². The molecule has 1 fully saturated rings. The number of fused-ring (bicyclic) bond motifs is 1. The highest BCUT2D eigenvalue weighted by atomic mass is 19.4. The summed E-state index contributed by atoms with van der Waals surface area (Å²) in [7, 11) is 1.85. The number of halogens is 3. The first-order chi connectivity index (χ1) is 21.7. The summed E-state index contributed by atoms with van der Waals surface area (Å²) >= 11 is 0. The summed E-state index contributed by atoms with van der Waals surface area (Å²) in [4.78, 5) is 38.9. The zero-order valence-electron chi connectivity index (χ0n) is 24.3. The van der Waals surface area contributed by atoms with Crippen LogP contribution in [-0.2, 0) is 19.8 Å². The highest BCUT2D eigenvalue weighted by Gasteiger charge is 2.30. The molecule has 6 rings (SSSR count). The molecular weight excluding hydrogens is 585 g/mol. The molecule has 0 atom stereocenters. The van der Waals surface area contributed by atoms with E-state index < -0.39 is 17.6 Å². The van der Waals surface area contributed by atoms with Gasteiger partial charge in [0.1, 0.15) is 11.4 Å². The maximum atomic E-state index is 13.6. The Morgan fingerprint density at radius 3 is 2.36 bits per heavy atom. The lowest BCUT2D eigenvalue weighted by molar-refractivity contribution is -0.137. The number of carbonyl (C=O) groups excluding carboxylic acids is 2. The van der Waals surface area contributed by atoms with E-state index in [-0.39, 0.29) is 17.4 Å². The van der Waals surface area contributed by atoms with Crippen LogP contribution in [0.1, 0.15) is 32.1 Å². The molecule has 4 heterocycles. The number of hydrogen-bond donors (Lipinski definition) is 1. The fraction of sp³-hybridized carbons (Fsp3) is 0.212. The smallest absolute Gasteiger partial charge is 0.416 e. The molecule has 0 unspecified atom stereocenters. The quantitative estimate of drug-likeness (QED) is 0.242. The van der Waals surface area contributed by atoms with Crippen molar-refractivity contribution in [3.8, 4) is 11.6 Å². The number of anilines is 1. The van der Waals surface area contributed by atoms with Gasteiger partial charge in [-0.2, -0.15) is 13.2 Å². The molecule has 9 nitrogen and oxygen atoms in total. The van der Waals surface area contributed by atoms with Crippen LogP contribution in [0.25, 0.3) is 10.9 Å². The lowest BCUT2D eigenvalue weighted by atomic mass is 10.1. The molecule has 1 saturated heterocycles. The number of nitrogens with zero attached hydrogens (tertiary/aromatic N) is 5. The van der Waals surface area contributed by atoms with Crippen molar-refractivity contribution in [1.29, 1.82) is 0 Å². The Morgan fingerprint density at radius 2 is 1.69 bits per heavy atom.